The SMILES string of the molecule is C=CC(=C)C1C=CC=C(CSC(CCC)C(C)CCC)C=C1. The minimum atomic E-state index is 0.293. The highest BCUT2D eigenvalue weighted by atomic mass is 32.2. The molecule has 0 fully saturated rings. The van der Waals surface area contributed by atoms with E-state index in [2.05, 4.69) is 76.1 Å². The number of rotatable bonds is 10. The zero-order valence-electron chi connectivity index (χ0n) is 14.6. The quantitative estimate of drug-likeness (QED) is 0.402. The Kier molecular flexibility index (Phi) is 9.31. The van der Waals surface area contributed by atoms with Crippen LogP contribution < -0.4 is 0 Å². The summed E-state index contributed by atoms with van der Waals surface area (Å²) in [7, 11) is 0. The van der Waals surface area contributed by atoms with Crippen molar-refractivity contribution in [1.29, 1.82) is 0 Å². The van der Waals surface area contributed by atoms with E-state index in [-0.39, 0.29) is 0 Å². The molecule has 0 saturated carbocycles. The van der Waals surface area contributed by atoms with Crippen LogP contribution in [0.15, 0.2) is 60.8 Å². The molecule has 1 heteroatoms. The van der Waals surface area contributed by atoms with E-state index in [4.69, 9.17) is 0 Å². The molecular weight excluding hydrogens is 284 g/mol. The van der Waals surface area contributed by atoms with Gasteiger partial charge in [0.05, 0.1) is 0 Å². The van der Waals surface area contributed by atoms with Gasteiger partial charge in [0.1, 0.15) is 0 Å². The predicted octanol–water partition coefficient (Wildman–Crippen LogP) is 6.74. The maximum Gasteiger partial charge on any atom is 0.0198 e. The zero-order valence-corrected chi connectivity index (χ0v) is 15.4. The Morgan fingerprint density at radius 1 is 1.27 bits per heavy atom. The van der Waals surface area contributed by atoms with E-state index in [1.807, 2.05) is 6.08 Å². The van der Waals surface area contributed by atoms with Crippen molar-refractivity contribution in [1.82, 2.24) is 0 Å². The number of hydrogen-bond acceptors (Lipinski definition) is 1. The largest absolute Gasteiger partial charge is 0.154 e. The second kappa shape index (κ2) is 10.7. The second-order valence-corrected chi connectivity index (χ2v) is 7.42. The fourth-order valence-corrected chi connectivity index (χ4v) is 4.25. The lowest BCUT2D eigenvalue weighted by Gasteiger charge is -2.23. The highest BCUT2D eigenvalue weighted by molar-refractivity contribution is 8.00. The average molecular weight is 317 g/mol. The van der Waals surface area contributed by atoms with Crippen molar-refractivity contribution in [3.8, 4) is 0 Å². The Balaban J connectivity index is 2.59. The van der Waals surface area contributed by atoms with Crippen molar-refractivity contribution in [2.75, 3.05) is 5.75 Å². The average Bonchev–Trinajstić information content (AvgIpc) is 2.76. The lowest BCUT2D eigenvalue weighted by molar-refractivity contribution is 0.480. The third-order valence-electron chi connectivity index (χ3n) is 4.25. The van der Waals surface area contributed by atoms with Gasteiger partial charge in [-0.3, -0.25) is 0 Å². The van der Waals surface area contributed by atoms with Gasteiger partial charge >= 0.3 is 0 Å². The molecule has 0 heterocycles. The minimum absolute atomic E-state index is 0.293. The molecule has 0 aromatic carbocycles. The number of allylic oxidation sites excluding steroid dienone is 7. The molecule has 0 nitrogen and oxygen atoms in total. The van der Waals surface area contributed by atoms with Crippen LogP contribution in [0.4, 0.5) is 0 Å². The molecule has 0 bridgehead atoms. The van der Waals surface area contributed by atoms with Crippen LogP contribution in [0.1, 0.15) is 46.5 Å². The van der Waals surface area contributed by atoms with E-state index in [0.29, 0.717) is 5.92 Å². The van der Waals surface area contributed by atoms with Crippen molar-refractivity contribution in [2.24, 2.45) is 11.8 Å². The van der Waals surface area contributed by atoms with Crippen molar-refractivity contribution in [2.45, 2.75) is 51.7 Å². The van der Waals surface area contributed by atoms with Crippen LogP contribution >= 0.6 is 11.8 Å². The topological polar surface area (TPSA) is 0 Å². The molecule has 0 saturated heterocycles. The normalized spacial score (nSPS) is 20.1. The summed E-state index contributed by atoms with van der Waals surface area (Å²) >= 11 is 2.13. The molecule has 0 amide bonds. The highest BCUT2D eigenvalue weighted by Crippen LogP contribution is 2.30. The highest BCUT2D eigenvalue weighted by Gasteiger charge is 2.16. The van der Waals surface area contributed by atoms with Crippen LogP contribution in [0.2, 0.25) is 0 Å². The molecule has 0 spiro atoms. The van der Waals surface area contributed by atoms with Crippen molar-refractivity contribution in [3.63, 3.8) is 0 Å². The van der Waals surface area contributed by atoms with Gasteiger partial charge in [-0.2, -0.15) is 11.8 Å². The molecule has 22 heavy (non-hydrogen) atoms. The molecule has 0 radical (unpaired) electrons. The Hall–Kier alpha value is -0.950. The van der Waals surface area contributed by atoms with Gasteiger partial charge in [-0.1, -0.05) is 83.2 Å². The summed E-state index contributed by atoms with van der Waals surface area (Å²) in [5.41, 5.74) is 2.47. The molecule has 3 unspecified atom stereocenters. The molecule has 1 rings (SSSR count). The second-order valence-electron chi connectivity index (χ2n) is 6.19. The molecule has 122 valence electrons. The first-order chi connectivity index (χ1) is 10.6. The first kappa shape index (κ1) is 19.1. The molecule has 1 aliphatic carbocycles. The Bertz CT molecular complexity index is 439. The molecule has 3 atom stereocenters. The molecule has 0 aromatic heterocycles. The summed E-state index contributed by atoms with van der Waals surface area (Å²) in [6, 6.07) is 0. The van der Waals surface area contributed by atoms with E-state index >= 15 is 0 Å². The smallest absolute Gasteiger partial charge is 0.0198 e. The maximum atomic E-state index is 4.06. The van der Waals surface area contributed by atoms with E-state index in [0.717, 1.165) is 22.5 Å². The Labute approximate surface area is 142 Å². The first-order valence-corrected chi connectivity index (χ1v) is 9.65. The number of thioether (sulfide) groups is 1. The van der Waals surface area contributed by atoms with Crippen LogP contribution in [-0.4, -0.2) is 11.0 Å². The molecule has 0 N–H and O–H groups in total. The van der Waals surface area contributed by atoms with Crippen LogP contribution in [0, 0.1) is 11.8 Å². The van der Waals surface area contributed by atoms with Gasteiger partial charge in [-0.25, -0.2) is 0 Å². The van der Waals surface area contributed by atoms with E-state index in [1.165, 1.54) is 31.3 Å². The molecule has 0 aromatic rings. The number of hydrogen-bond donors (Lipinski definition) is 0. The van der Waals surface area contributed by atoms with E-state index < -0.39 is 0 Å². The van der Waals surface area contributed by atoms with Crippen LogP contribution in [-0.2, 0) is 0 Å². The lowest BCUT2D eigenvalue weighted by Crippen LogP contribution is -2.15. The lowest BCUT2D eigenvalue weighted by atomic mass is 9.99. The fraction of sp³-hybridized carbons (Fsp3) is 0.524. The van der Waals surface area contributed by atoms with Gasteiger partial charge in [0.2, 0.25) is 0 Å². The van der Waals surface area contributed by atoms with Gasteiger partial charge in [0.15, 0.2) is 0 Å². The van der Waals surface area contributed by atoms with Crippen LogP contribution in [0.5, 0.6) is 0 Å². The molecule has 1 aliphatic rings. The van der Waals surface area contributed by atoms with E-state index in [9.17, 15) is 0 Å². The predicted molar refractivity (Wildman–Crippen MR) is 104 cm³/mol. The summed E-state index contributed by atoms with van der Waals surface area (Å²) < 4.78 is 0. The van der Waals surface area contributed by atoms with Gasteiger partial charge < -0.3 is 0 Å². The van der Waals surface area contributed by atoms with Crippen molar-refractivity contribution < 1.29 is 0 Å². The summed E-state index contributed by atoms with van der Waals surface area (Å²) in [6.45, 7) is 14.9. The maximum absolute atomic E-state index is 4.06. The third kappa shape index (κ3) is 6.44. The van der Waals surface area contributed by atoms with Crippen molar-refractivity contribution >= 4 is 11.8 Å². The summed E-state index contributed by atoms with van der Waals surface area (Å²) in [5.74, 6) is 2.21. The Morgan fingerprint density at radius 3 is 2.64 bits per heavy atom. The summed E-state index contributed by atoms with van der Waals surface area (Å²) in [4.78, 5) is 0. The molecule has 0 aliphatic heterocycles. The van der Waals surface area contributed by atoms with Crippen molar-refractivity contribution in [3.05, 3.63) is 60.8 Å². The van der Waals surface area contributed by atoms with Gasteiger partial charge in [-0.15, -0.1) is 0 Å². The van der Waals surface area contributed by atoms with Gasteiger partial charge in [0, 0.05) is 16.9 Å². The minimum Gasteiger partial charge on any atom is -0.154 e. The van der Waals surface area contributed by atoms with Gasteiger partial charge in [0.25, 0.3) is 0 Å². The molecular formula is C21H32S. The summed E-state index contributed by atoms with van der Waals surface area (Å²) in [5, 5.41) is 0.783. The van der Waals surface area contributed by atoms with Crippen LogP contribution in [0.3, 0.4) is 0 Å². The fourth-order valence-electron chi connectivity index (χ4n) is 2.79. The third-order valence-corrected chi connectivity index (χ3v) is 5.88. The zero-order chi connectivity index (χ0) is 16.4. The standard InChI is InChI=1S/C21H32S/c1-6-10-18(5)21(11-7-2)22-16-19-12-9-13-20(15-14-19)17(4)8-3/h8-9,12-15,18,20-21H,3-4,6-7,10-11,16H2,1-2,5H3. The monoisotopic (exact) mass is 316 g/mol. The Morgan fingerprint density at radius 2 is 2.00 bits per heavy atom. The summed E-state index contributed by atoms with van der Waals surface area (Å²) in [6.07, 6.45) is 18.2. The van der Waals surface area contributed by atoms with Crippen LogP contribution in [0.25, 0.3) is 0 Å². The first-order valence-electron chi connectivity index (χ1n) is 8.60. The van der Waals surface area contributed by atoms with E-state index in [1.54, 1.807) is 0 Å². The van der Waals surface area contributed by atoms with Gasteiger partial charge in [-0.05, 0) is 29.9 Å².